The second-order valence-electron chi connectivity index (χ2n) is 5.53. The highest BCUT2D eigenvalue weighted by Crippen LogP contribution is 2.23. The van der Waals surface area contributed by atoms with Crippen molar-refractivity contribution in [1.82, 2.24) is 4.90 Å². The van der Waals surface area contributed by atoms with Gasteiger partial charge in [0.2, 0.25) is 5.91 Å². The number of hydrogen-bond donors (Lipinski definition) is 1. The lowest BCUT2D eigenvalue weighted by Crippen LogP contribution is -2.45. The van der Waals surface area contributed by atoms with Crippen molar-refractivity contribution < 1.29 is 14.7 Å². The monoisotopic (exact) mass is 290 g/mol. The molecule has 5 nitrogen and oxygen atoms in total. The van der Waals surface area contributed by atoms with Crippen LogP contribution in [0.4, 0.5) is 5.69 Å². The molecule has 1 fully saturated rings. The Morgan fingerprint density at radius 3 is 2.33 bits per heavy atom. The Labute approximate surface area is 125 Å². The SMILES string of the molecule is CN(C(=O)CN(CC(=O)O)C1CCCC1)c1ccccc1. The number of hydrogen-bond acceptors (Lipinski definition) is 3. The third-order valence-electron chi connectivity index (χ3n) is 4.04. The van der Waals surface area contributed by atoms with E-state index in [0.717, 1.165) is 31.4 Å². The molecule has 1 amide bonds. The Bertz CT molecular complexity index is 484. The van der Waals surface area contributed by atoms with Crippen molar-refractivity contribution in [3.8, 4) is 0 Å². The van der Waals surface area contributed by atoms with Gasteiger partial charge in [0.25, 0.3) is 0 Å². The van der Waals surface area contributed by atoms with E-state index in [1.807, 2.05) is 30.3 Å². The Hall–Kier alpha value is -1.88. The summed E-state index contributed by atoms with van der Waals surface area (Å²) in [5.74, 6) is -0.952. The van der Waals surface area contributed by atoms with E-state index in [1.54, 1.807) is 16.8 Å². The number of para-hydroxylation sites is 1. The number of carboxylic acid groups (broad SMARTS) is 1. The van der Waals surface area contributed by atoms with Crippen molar-refractivity contribution >= 4 is 17.6 Å². The van der Waals surface area contributed by atoms with Crippen LogP contribution in [0.15, 0.2) is 30.3 Å². The van der Waals surface area contributed by atoms with E-state index in [9.17, 15) is 9.59 Å². The average Bonchev–Trinajstić information content (AvgIpc) is 3.00. The third-order valence-corrected chi connectivity index (χ3v) is 4.04. The average molecular weight is 290 g/mol. The zero-order valence-corrected chi connectivity index (χ0v) is 12.4. The fourth-order valence-corrected chi connectivity index (χ4v) is 2.83. The fourth-order valence-electron chi connectivity index (χ4n) is 2.83. The molecule has 114 valence electrons. The largest absolute Gasteiger partial charge is 0.480 e. The van der Waals surface area contributed by atoms with Crippen LogP contribution in [0, 0.1) is 0 Å². The van der Waals surface area contributed by atoms with Gasteiger partial charge < -0.3 is 10.0 Å². The number of aliphatic carboxylic acids is 1. The van der Waals surface area contributed by atoms with Crippen molar-refractivity contribution in [2.45, 2.75) is 31.7 Å². The molecular formula is C16H22N2O3. The molecule has 0 atom stereocenters. The van der Waals surface area contributed by atoms with Crippen molar-refractivity contribution in [3.05, 3.63) is 30.3 Å². The Morgan fingerprint density at radius 2 is 1.76 bits per heavy atom. The summed E-state index contributed by atoms with van der Waals surface area (Å²) in [6, 6.07) is 9.62. The van der Waals surface area contributed by atoms with Crippen LogP contribution < -0.4 is 4.90 Å². The van der Waals surface area contributed by atoms with Gasteiger partial charge in [0, 0.05) is 18.8 Å². The number of carbonyl (C=O) groups is 2. The van der Waals surface area contributed by atoms with Crippen LogP contribution in [-0.4, -0.2) is 48.1 Å². The molecule has 1 aromatic rings. The summed E-state index contributed by atoms with van der Waals surface area (Å²) >= 11 is 0. The summed E-state index contributed by atoms with van der Waals surface area (Å²) in [5, 5.41) is 9.05. The molecule has 1 aliphatic rings. The number of rotatable bonds is 6. The van der Waals surface area contributed by atoms with Gasteiger partial charge in [0.05, 0.1) is 13.1 Å². The van der Waals surface area contributed by atoms with Gasteiger partial charge in [0.1, 0.15) is 0 Å². The normalized spacial score (nSPS) is 15.3. The highest BCUT2D eigenvalue weighted by molar-refractivity contribution is 5.94. The zero-order chi connectivity index (χ0) is 15.2. The van der Waals surface area contributed by atoms with Crippen LogP contribution >= 0.6 is 0 Å². The van der Waals surface area contributed by atoms with E-state index >= 15 is 0 Å². The highest BCUT2D eigenvalue weighted by atomic mass is 16.4. The van der Waals surface area contributed by atoms with E-state index in [1.165, 1.54) is 0 Å². The molecule has 0 spiro atoms. The van der Waals surface area contributed by atoms with Crippen molar-refractivity contribution in [2.75, 3.05) is 25.0 Å². The second-order valence-corrected chi connectivity index (χ2v) is 5.53. The van der Waals surface area contributed by atoms with Gasteiger partial charge in [-0.2, -0.15) is 0 Å². The lowest BCUT2D eigenvalue weighted by molar-refractivity contribution is -0.139. The van der Waals surface area contributed by atoms with Gasteiger partial charge >= 0.3 is 5.97 Å². The molecular weight excluding hydrogens is 268 g/mol. The second kappa shape index (κ2) is 7.22. The van der Waals surface area contributed by atoms with Gasteiger partial charge in [-0.15, -0.1) is 0 Å². The fraction of sp³-hybridized carbons (Fsp3) is 0.500. The maximum Gasteiger partial charge on any atom is 0.317 e. The van der Waals surface area contributed by atoms with Crippen LogP contribution in [0.1, 0.15) is 25.7 Å². The van der Waals surface area contributed by atoms with Crippen LogP contribution in [0.2, 0.25) is 0 Å². The molecule has 21 heavy (non-hydrogen) atoms. The summed E-state index contributed by atoms with van der Waals surface area (Å²) in [6.07, 6.45) is 4.19. The Morgan fingerprint density at radius 1 is 1.14 bits per heavy atom. The smallest absolute Gasteiger partial charge is 0.317 e. The number of benzene rings is 1. The van der Waals surface area contributed by atoms with E-state index in [2.05, 4.69) is 0 Å². The maximum absolute atomic E-state index is 12.4. The quantitative estimate of drug-likeness (QED) is 0.870. The lowest BCUT2D eigenvalue weighted by atomic mass is 10.2. The number of likely N-dealkylation sites (N-methyl/N-ethyl adjacent to an activating group) is 1. The van der Waals surface area contributed by atoms with Crippen molar-refractivity contribution in [2.24, 2.45) is 0 Å². The predicted molar refractivity (Wildman–Crippen MR) is 81.3 cm³/mol. The first kappa shape index (κ1) is 15.5. The van der Waals surface area contributed by atoms with Crippen LogP contribution in [0.25, 0.3) is 0 Å². The van der Waals surface area contributed by atoms with Crippen LogP contribution in [0.3, 0.4) is 0 Å². The summed E-state index contributed by atoms with van der Waals surface area (Å²) in [7, 11) is 1.73. The third kappa shape index (κ3) is 4.29. The molecule has 0 bridgehead atoms. The minimum Gasteiger partial charge on any atom is -0.480 e. The molecule has 1 N–H and O–H groups in total. The van der Waals surface area contributed by atoms with E-state index in [0.29, 0.717) is 0 Å². The predicted octanol–water partition coefficient (Wildman–Crippen LogP) is 1.98. The van der Waals surface area contributed by atoms with Gasteiger partial charge in [0.15, 0.2) is 0 Å². The first-order chi connectivity index (χ1) is 10.1. The number of amides is 1. The molecule has 1 aliphatic carbocycles. The minimum absolute atomic E-state index is 0.0704. The van der Waals surface area contributed by atoms with E-state index in [-0.39, 0.29) is 25.0 Å². The van der Waals surface area contributed by atoms with Crippen molar-refractivity contribution in [1.29, 1.82) is 0 Å². The highest BCUT2D eigenvalue weighted by Gasteiger charge is 2.27. The summed E-state index contributed by atoms with van der Waals surface area (Å²) in [5.41, 5.74) is 0.823. The minimum atomic E-state index is -0.878. The van der Waals surface area contributed by atoms with Gasteiger partial charge in [-0.25, -0.2) is 0 Å². The van der Waals surface area contributed by atoms with E-state index in [4.69, 9.17) is 5.11 Å². The number of carboxylic acids is 1. The van der Waals surface area contributed by atoms with Crippen LogP contribution in [-0.2, 0) is 9.59 Å². The van der Waals surface area contributed by atoms with Crippen LogP contribution in [0.5, 0.6) is 0 Å². The van der Waals surface area contributed by atoms with Gasteiger partial charge in [-0.1, -0.05) is 31.0 Å². The molecule has 1 aromatic carbocycles. The first-order valence-electron chi connectivity index (χ1n) is 7.35. The molecule has 2 rings (SSSR count). The van der Waals surface area contributed by atoms with Gasteiger partial charge in [-0.05, 0) is 25.0 Å². The summed E-state index contributed by atoms with van der Waals surface area (Å²) < 4.78 is 0. The van der Waals surface area contributed by atoms with E-state index < -0.39 is 5.97 Å². The lowest BCUT2D eigenvalue weighted by Gasteiger charge is -2.28. The number of anilines is 1. The molecule has 0 unspecified atom stereocenters. The molecule has 1 saturated carbocycles. The topological polar surface area (TPSA) is 60.9 Å². The first-order valence-corrected chi connectivity index (χ1v) is 7.35. The summed E-state index contributed by atoms with van der Waals surface area (Å²) in [6.45, 7) is 0.0847. The number of carbonyl (C=O) groups excluding carboxylic acids is 1. The van der Waals surface area contributed by atoms with Crippen molar-refractivity contribution in [3.63, 3.8) is 0 Å². The van der Waals surface area contributed by atoms with Gasteiger partial charge in [-0.3, -0.25) is 14.5 Å². The molecule has 0 aromatic heterocycles. The molecule has 0 radical (unpaired) electrons. The molecule has 0 heterocycles. The Balaban J connectivity index is 2.01. The molecule has 0 saturated heterocycles. The maximum atomic E-state index is 12.4. The molecule has 0 aliphatic heterocycles. The zero-order valence-electron chi connectivity index (χ0n) is 12.4. The molecule has 5 heteroatoms. The summed E-state index contributed by atoms with van der Waals surface area (Å²) in [4.78, 5) is 26.8. The standard InChI is InChI=1S/C16H22N2O3/c1-17(13-7-3-2-4-8-13)15(19)11-18(12-16(20)21)14-9-5-6-10-14/h2-4,7-8,14H,5-6,9-12H2,1H3,(H,20,21). The number of nitrogens with zero attached hydrogens (tertiary/aromatic N) is 2. The Kier molecular flexibility index (Phi) is 5.33.